The van der Waals surface area contributed by atoms with Crippen LogP contribution in [-0.4, -0.2) is 19.8 Å². The second-order valence-corrected chi connectivity index (χ2v) is 3.93. The topological polar surface area (TPSA) is 3.24 Å². The first-order valence-electron chi connectivity index (χ1n) is 4.85. The molecule has 0 unspecified atom stereocenters. The molecular formula is C11H12F3N. The van der Waals surface area contributed by atoms with Crippen molar-refractivity contribution in [2.24, 2.45) is 0 Å². The van der Waals surface area contributed by atoms with Crippen LogP contribution in [0.3, 0.4) is 0 Å². The number of benzene rings is 1. The van der Waals surface area contributed by atoms with Crippen molar-refractivity contribution in [2.75, 3.05) is 18.5 Å². The molecule has 0 aliphatic carbocycles. The van der Waals surface area contributed by atoms with Crippen molar-refractivity contribution in [3.05, 3.63) is 29.3 Å². The second kappa shape index (κ2) is 3.43. The number of hydrogen-bond acceptors (Lipinski definition) is 1. The molecule has 0 N–H and O–H groups in total. The first-order chi connectivity index (χ1) is 6.96. The molecule has 1 aliphatic heterocycles. The molecule has 1 aromatic carbocycles. The van der Waals surface area contributed by atoms with E-state index in [1.165, 1.54) is 0 Å². The van der Waals surface area contributed by atoms with Crippen LogP contribution < -0.4 is 4.90 Å². The second-order valence-electron chi connectivity index (χ2n) is 3.93. The average molecular weight is 215 g/mol. The van der Waals surface area contributed by atoms with Gasteiger partial charge in [0.2, 0.25) is 0 Å². The minimum absolute atomic E-state index is 0.358. The molecule has 4 heteroatoms. The summed E-state index contributed by atoms with van der Waals surface area (Å²) in [5, 5.41) is 0. The minimum atomic E-state index is -4.11. The molecular weight excluding hydrogens is 203 g/mol. The van der Waals surface area contributed by atoms with Gasteiger partial charge in [-0.15, -0.1) is 0 Å². The molecule has 0 aromatic heterocycles. The zero-order chi connectivity index (χ0) is 11.1. The van der Waals surface area contributed by atoms with Crippen molar-refractivity contribution in [1.29, 1.82) is 0 Å². The Labute approximate surface area is 86.5 Å². The van der Waals surface area contributed by atoms with E-state index < -0.39 is 12.6 Å². The average Bonchev–Trinajstić information content (AvgIpc) is 2.45. The third-order valence-corrected chi connectivity index (χ3v) is 2.68. The predicted molar refractivity (Wildman–Crippen MR) is 53.2 cm³/mol. The molecule has 0 saturated carbocycles. The fraction of sp³-hybridized carbons (Fsp3) is 0.455. The lowest BCUT2D eigenvalue weighted by molar-refractivity contribution is -0.127. The van der Waals surface area contributed by atoms with Gasteiger partial charge in [0.05, 0.1) is 6.42 Å². The Morgan fingerprint density at radius 2 is 2.07 bits per heavy atom. The number of nitrogens with zero attached hydrogens (tertiary/aromatic N) is 1. The molecule has 0 bridgehead atoms. The quantitative estimate of drug-likeness (QED) is 0.696. The smallest absolute Gasteiger partial charge is 0.374 e. The highest BCUT2D eigenvalue weighted by molar-refractivity contribution is 5.58. The third kappa shape index (κ3) is 2.25. The molecule has 0 saturated heterocycles. The number of halogens is 3. The van der Waals surface area contributed by atoms with E-state index in [0.29, 0.717) is 5.56 Å². The number of anilines is 1. The molecule has 1 heterocycles. The van der Waals surface area contributed by atoms with Gasteiger partial charge in [0.25, 0.3) is 0 Å². The van der Waals surface area contributed by atoms with Crippen LogP contribution in [0.1, 0.15) is 11.1 Å². The number of rotatable bonds is 1. The van der Waals surface area contributed by atoms with Crippen LogP contribution in [0, 0.1) is 0 Å². The SMILES string of the molecule is CN1CCc2cc(CC(F)(F)F)ccc21. The van der Waals surface area contributed by atoms with Crippen LogP contribution in [-0.2, 0) is 12.8 Å². The maximum atomic E-state index is 12.2. The summed E-state index contributed by atoms with van der Waals surface area (Å²) in [5.41, 5.74) is 2.44. The molecule has 0 amide bonds. The molecule has 1 aromatic rings. The van der Waals surface area contributed by atoms with Gasteiger partial charge >= 0.3 is 6.18 Å². The van der Waals surface area contributed by atoms with Gasteiger partial charge in [0, 0.05) is 19.3 Å². The molecule has 0 spiro atoms. The maximum absolute atomic E-state index is 12.2. The van der Waals surface area contributed by atoms with Gasteiger partial charge < -0.3 is 4.90 Å². The summed E-state index contributed by atoms with van der Waals surface area (Å²) in [7, 11) is 1.95. The monoisotopic (exact) mass is 215 g/mol. The van der Waals surface area contributed by atoms with Crippen molar-refractivity contribution in [1.82, 2.24) is 0 Å². The van der Waals surface area contributed by atoms with Gasteiger partial charge in [-0.1, -0.05) is 12.1 Å². The van der Waals surface area contributed by atoms with Gasteiger partial charge in [-0.2, -0.15) is 13.2 Å². The fourth-order valence-corrected chi connectivity index (χ4v) is 1.96. The highest BCUT2D eigenvalue weighted by Gasteiger charge is 2.28. The zero-order valence-corrected chi connectivity index (χ0v) is 8.43. The number of hydrogen-bond donors (Lipinski definition) is 0. The third-order valence-electron chi connectivity index (χ3n) is 2.68. The lowest BCUT2D eigenvalue weighted by Gasteiger charge is -2.12. The lowest BCUT2D eigenvalue weighted by Crippen LogP contribution is -2.13. The van der Waals surface area contributed by atoms with Gasteiger partial charge in [0.15, 0.2) is 0 Å². The number of likely N-dealkylation sites (N-methyl/N-ethyl adjacent to an activating group) is 1. The van der Waals surface area contributed by atoms with E-state index in [0.717, 1.165) is 24.2 Å². The number of fused-ring (bicyclic) bond motifs is 1. The Hall–Kier alpha value is -1.19. The zero-order valence-electron chi connectivity index (χ0n) is 8.43. The summed E-state index contributed by atoms with van der Waals surface area (Å²) in [4.78, 5) is 2.06. The van der Waals surface area contributed by atoms with Crippen LogP contribution in [0.25, 0.3) is 0 Å². The van der Waals surface area contributed by atoms with Crippen molar-refractivity contribution < 1.29 is 13.2 Å². The van der Waals surface area contributed by atoms with Gasteiger partial charge in [-0.3, -0.25) is 0 Å². The van der Waals surface area contributed by atoms with E-state index in [4.69, 9.17) is 0 Å². The predicted octanol–water partition coefficient (Wildman–Crippen LogP) is 2.78. The molecule has 0 radical (unpaired) electrons. The summed E-state index contributed by atoms with van der Waals surface area (Å²) in [6.45, 7) is 0.894. The van der Waals surface area contributed by atoms with Gasteiger partial charge in [-0.05, 0) is 23.6 Å². The van der Waals surface area contributed by atoms with Crippen LogP contribution in [0.5, 0.6) is 0 Å². The normalized spacial score (nSPS) is 15.6. The fourth-order valence-electron chi connectivity index (χ4n) is 1.96. The van der Waals surface area contributed by atoms with Gasteiger partial charge in [-0.25, -0.2) is 0 Å². The van der Waals surface area contributed by atoms with E-state index in [-0.39, 0.29) is 0 Å². The van der Waals surface area contributed by atoms with E-state index in [1.807, 2.05) is 7.05 Å². The van der Waals surface area contributed by atoms with E-state index in [2.05, 4.69) is 4.90 Å². The summed E-state index contributed by atoms with van der Waals surface area (Å²) in [5.74, 6) is 0. The molecule has 1 nitrogen and oxygen atoms in total. The molecule has 0 atom stereocenters. The standard InChI is InChI=1S/C11H12F3N/c1-15-5-4-9-6-8(2-3-10(9)15)7-11(12,13)14/h2-3,6H,4-5,7H2,1H3. The minimum Gasteiger partial charge on any atom is -0.374 e. The van der Waals surface area contributed by atoms with Gasteiger partial charge in [0.1, 0.15) is 0 Å². The van der Waals surface area contributed by atoms with Crippen molar-refractivity contribution in [3.8, 4) is 0 Å². The molecule has 0 fully saturated rings. The molecule has 15 heavy (non-hydrogen) atoms. The van der Waals surface area contributed by atoms with Crippen molar-refractivity contribution >= 4 is 5.69 Å². The number of alkyl halides is 3. The van der Waals surface area contributed by atoms with Crippen LogP contribution in [0.2, 0.25) is 0 Å². The van der Waals surface area contributed by atoms with E-state index in [1.54, 1.807) is 18.2 Å². The highest BCUT2D eigenvalue weighted by atomic mass is 19.4. The Balaban J connectivity index is 2.24. The summed E-state index contributed by atoms with van der Waals surface area (Å²) >= 11 is 0. The molecule has 82 valence electrons. The Kier molecular flexibility index (Phi) is 2.37. The molecule has 1 aliphatic rings. The maximum Gasteiger partial charge on any atom is 0.393 e. The summed E-state index contributed by atoms with van der Waals surface area (Å²) in [6, 6.07) is 5.02. The van der Waals surface area contributed by atoms with Crippen molar-refractivity contribution in [2.45, 2.75) is 19.0 Å². The molecule has 2 rings (SSSR count). The first kappa shape index (κ1) is 10.3. The van der Waals surface area contributed by atoms with Crippen LogP contribution >= 0.6 is 0 Å². The summed E-state index contributed by atoms with van der Waals surface area (Å²) < 4.78 is 36.5. The Morgan fingerprint density at radius 3 is 2.73 bits per heavy atom. The van der Waals surface area contributed by atoms with Crippen LogP contribution in [0.15, 0.2) is 18.2 Å². The first-order valence-corrected chi connectivity index (χ1v) is 4.85. The van der Waals surface area contributed by atoms with E-state index in [9.17, 15) is 13.2 Å². The largest absolute Gasteiger partial charge is 0.393 e. The van der Waals surface area contributed by atoms with E-state index >= 15 is 0 Å². The summed E-state index contributed by atoms with van der Waals surface area (Å²) in [6.07, 6.45) is -4.10. The Morgan fingerprint density at radius 1 is 1.33 bits per heavy atom. The van der Waals surface area contributed by atoms with Crippen molar-refractivity contribution in [3.63, 3.8) is 0 Å². The lowest BCUT2D eigenvalue weighted by atomic mass is 10.1. The highest BCUT2D eigenvalue weighted by Crippen LogP contribution is 2.29. The Bertz CT molecular complexity index is 371. The van der Waals surface area contributed by atoms with Crippen LogP contribution in [0.4, 0.5) is 18.9 Å².